The quantitative estimate of drug-likeness (QED) is 0.906. The van der Waals surface area contributed by atoms with Crippen LogP contribution in [0.2, 0.25) is 0 Å². The maximum atomic E-state index is 5.78. The Morgan fingerprint density at radius 3 is 2.37 bits per heavy atom. The second kappa shape index (κ2) is 5.87. The van der Waals surface area contributed by atoms with Crippen LogP contribution in [0.25, 0.3) is 0 Å². The summed E-state index contributed by atoms with van der Waals surface area (Å²) < 4.78 is 0. The number of anilines is 1. The first kappa shape index (κ1) is 14.3. The number of likely N-dealkylation sites (tertiary alicyclic amines) is 1. The minimum atomic E-state index is 0.572. The number of aromatic nitrogens is 2. The Balaban J connectivity index is 1.95. The first-order chi connectivity index (χ1) is 9.07. The molecule has 2 heterocycles. The zero-order valence-electron chi connectivity index (χ0n) is 12.4. The molecule has 2 N–H and O–H groups in total. The van der Waals surface area contributed by atoms with Crippen molar-refractivity contribution >= 4 is 5.82 Å². The lowest BCUT2D eigenvalue weighted by Gasteiger charge is -2.40. The summed E-state index contributed by atoms with van der Waals surface area (Å²) in [6, 6.07) is 1.82. The molecule has 0 spiro atoms. The zero-order valence-corrected chi connectivity index (χ0v) is 12.4. The average Bonchev–Trinajstić information content (AvgIpc) is 2.39. The van der Waals surface area contributed by atoms with Gasteiger partial charge >= 0.3 is 0 Å². The third-order valence-electron chi connectivity index (χ3n) is 4.70. The number of rotatable bonds is 4. The van der Waals surface area contributed by atoms with E-state index in [4.69, 9.17) is 5.73 Å². The van der Waals surface area contributed by atoms with Gasteiger partial charge < -0.3 is 5.73 Å². The first-order valence-electron chi connectivity index (χ1n) is 7.39. The molecule has 0 saturated carbocycles. The average molecular weight is 262 g/mol. The lowest BCUT2D eigenvalue weighted by atomic mass is 9.74. The molecule has 106 valence electrons. The standard InChI is InChI=1S/C15H26N4/c1-4-15(5-2)6-8-19(9-7-15)11-14-17-12(3)10-13(16)18-14/h10H,4-9,11H2,1-3H3,(H2,16,17,18). The van der Waals surface area contributed by atoms with E-state index in [9.17, 15) is 0 Å². The van der Waals surface area contributed by atoms with Crippen molar-refractivity contribution < 1.29 is 0 Å². The highest BCUT2D eigenvalue weighted by Gasteiger charge is 2.31. The fourth-order valence-corrected chi connectivity index (χ4v) is 3.07. The largest absolute Gasteiger partial charge is 0.384 e. The summed E-state index contributed by atoms with van der Waals surface area (Å²) >= 11 is 0. The smallest absolute Gasteiger partial charge is 0.144 e. The molecule has 0 bridgehead atoms. The Morgan fingerprint density at radius 1 is 1.21 bits per heavy atom. The minimum absolute atomic E-state index is 0.572. The van der Waals surface area contributed by atoms with Gasteiger partial charge in [-0.1, -0.05) is 26.7 Å². The van der Waals surface area contributed by atoms with Gasteiger partial charge in [-0.05, 0) is 38.3 Å². The van der Waals surface area contributed by atoms with E-state index in [0.29, 0.717) is 11.2 Å². The predicted molar refractivity (Wildman–Crippen MR) is 78.7 cm³/mol. The number of aryl methyl sites for hydroxylation is 1. The Labute approximate surface area is 116 Å². The van der Waals surface area contributed by atoms with Gasteiger partial charge in [0.25, 0.3) is 0 Å². The molecule has 0 aliphatic carbocycles. The van der Waals surface area contributed by atoms with Crippen LogP contribution in [-0.2, 0) is 6.54 Å². The molecule has 0 atom stereocenters. The molecule has 2 rings (SSSR count). The maximum Gasteiger partial charge on any atom is 0.144 e. The normalized spacial score (nSPS) is 19.5. The lowest BCUT2D eigenvalue weighted by Crippen LogP contribution is -2.39. The van der Waals surface area contributed by atoms with Crippen LogP contribution in [0.4, 0.5) is 5.82 Å². The van der Waals surface area contributed by atoms with Gasteiger partial charge in [-0.2, -0.15) is 0 Å². The van der Waals surface area contributed by atoms with E-state index >= 15 is 0 Å². The van der Waals surface area contributed by atoms with Gasteiger partial charge in [0.2, 0.25) is 0 Å². The van der Waals surface area contributed by atoms with Crippen molar-refractivity contribution in [2.45, 2.75) is 53.0 Å². The Hall–Kier alpha value is -1.16. The molecule has 1 aliphatic heterocycles. The molecule has 0 unspecified atom stereocenters. The summed E-state index contributed by atoms with van der Waals surface area (Å²) in [6.45, 7) is 9.75. The highest BCUT2D eigenvalue weighted by molar-refractivity contribution is 5.29. The molecule has 1 fully saturated rings. The highest BCUT2D eigenvalue weighted by atomic mass is 15.2. The minimum Gasteiger partial charge on any atom is -0.384 e. The summed E-state index contributed by atoms with van der Waals surface area (Å²) in [4.78, 5) is 11.3. The van der Waals surface area contributed by atoms with E-state index in [1.165, 1.54) is 25.7 Å². The van der Waals surface area contributed by atoms with Crippen LogP contribution < -0.4 is 5.73 Å². The third kappa shape index (κ3) is 3.44. The molecule has 19 heavy (non-hydrogen) atoms. The monoisotopic (exact) mass is 262 g/mol. The summed E-state index contributed by atoms with van der Waals surface area (Å²) in [6.07, 6.45) is 5.18. The highest BCUT2D eigenvalue weighted by Crippen LogP contribution is 2.38. The molecule has 1 aromatic rings. The topological polar surface area (TPSA) is 55.0 Å². The number of nitrogen functional groups attached to an aromatic ring is 1. The van der Waals surface area contributed by atoms with Crippen molar-refractivity contribution in [3.05, 3.63) is 17.6 Å². The summed E-state index contributed by atoms with van der Waals surface area (Å²) in [7, 11) is 0. The van der Waals surface area contributed by atoms with Crippen LogP contribution in [-0.4, -0.2) is 28.0 Å². The molecule has 0 amide bonds. The molecule has 0 radical (unpaired) electrons. The molecular weight excluding hydrogens is 236 g/mol. The van der Waals surface area contributed by atoms with Crippen molar-refractivity contribution in [2.24, 2.45) is 5.41 Å². The SMILES string of the molecule is CCC1(CC)CCN(Cc2nc(C)cc(N)n2)CC1. The zero-order chi connectivity index (χ0) is 13.9. The lowest BCUT2D eigenvalue weighted by molar-refractivity contribution is 0.0892. The second-order valence-electron chi connectivity index (χ2n) is 5.83. The number of piperidine rings is 1. The summed E-state index contributed by atoms with van der Waals surface area (Å²) in [5, 5.41) is 0. The first-order valence-corrected chi connectivity index (χ1v) is 7.39. The van der Waals surface area contributed by atoms with Gasteiger partial charge in [0, 0.05) is 11.8 Å². The molecule has 1 aliphatic rings. The van der Waals surface area contributed by atoms with E-state index in [2.05, 4.69) is 28.7 Å². The summed E-state index contributed by atoms with van der Waals surface area (Å²) in [5.74, 6) is 1.44. The molecule has 1 saturated heterocycles. The Bertz CT molecular complexity index is 396. The van der Waals surface area contributed by atoms with E-state index in [1.54, 1.807) is 0 Å². The number of hydrogen-bond acceptors (Lipinski definition) is 4. The van der Waals surface area contributed by atoms with E-state index in [-0.39, 0.29) is 0 Å². The van der Waals surface area contributed by atoms with Crippen LogP contribution in [0.5, 0.6) is 0 Å². The fraction of sp³-hybridized carbons (Fsp3) is 0.733. The number of nitrogens with two attached hydrogens (primary N) is 1. The van der Waals surface area contributed by atoms with Crippen molar-refractivity contribution in [1.82, 2.24) is 14.9 Å². The molecule has 1 aromatic heterocycles. The van der Waals surface area contributed by atoms with Crippen LogP contribution in [0, 0.1) is 12.3 Å². The molecule has 4 heteroatoms. The van der Waals surface area contributed by atoms with Crippen LogP contribution in [0.3, 0.4) is 0 Å². The van der Waals surface area contributed by atoms with Crippen LogP contribution in [0.15, 0.2) is 6.07 Å². The molecular formula is C15H26N4. The number of nitrogens with zero attached hydrogens (tertiary/aromatic N) is 3. The van der Waals surface area contributed by atoms with Gasteiger partial charge in [-0.15, -0.1) is 0 Å². The van der Waals surface area contributed by atoms with Crippen molar-refractivity contribution in [3.63, 3.8) is 0 Å². The van der Waals surface area contributed by atoms with Crippen molar-refractivity contribution in [2.75, 3.05) is 18.8 Å². The van der Waals surface area contributed by atoms with Gasteiger partial charge in [-0.3, -0.25) is 4.90 Å². The van der Waals surface area contributed by atoms with E-state index in [1.807, 2.05) is 13.0 Å². The van der Waals surface area contributed by atoms with Crippen LogP contribution >= 0.6 is 0 Å². The van der Waals surface area contributed by atoms with Gasteiger partial charge in [-0.25, -0.2) is 9.97 Å². The van der Waals surface area contributed by atoms with E-state index in [0.717, 1.165) is 31.2 Å². The predicted octanol–water partition coefficient (Wildman–Crippen LogP) is 2.77. The Kier molecular flexibility index (Phi) is 4.40. The van der Waals surface area contributed by atoms with Gasteiger partial charge in [0.05, 0.1) is 6.54 Å². The molecule has 0 aromatic carbocycles. The van der Waals surface area contributed by atoms with Crippen LogP contribution in [0.1, 0.15) is 51.0 Å². The summed E-state index contributed by atoms with van der Waals surface area (Å²) in [5.41, 5.74) is 7.31. The molecule has 4 nitrogen and oxygen atoms in total. The maximum absolute atomic E-state index is 5.78. The van der Waals surface area contributed by atoms with Crippen molar-refractivity contribution in [1.29, 1.82) is 0 Å². The second-order valence-corrected chi connectivity index (χ2v) is 5.83. The fourth-order valence-electron chi connectivity index (χ4n) is 3.07. The van der Waals surface area contributed by atoms with Gasteiger partial charge in [0.1, 0.15) is 11.6 Å². The number of hydrogen-bond donors (Lipinski definition) is 1. The third-order valence-corrected chi connectivity index (χ3v) is 4.70. The Morgan fingerprint density at radius 2 is 1.84 bits per heavy atom. The van der Waals surface area contributed by atoms with Crippen molar-refractivity contribution in [3.8, 4) is 0 Å². The van der Waals surface area contributed by atoms with Gasteiger partial charge in [0.15, 0.2) is 0 Å². The van der Waals surface area contributed by atoms with E-state index < -0.39 is 0 Å².